The van der Waals surface area contributed by atoms with Crippen LogP contribution >= 0.6 is 0 Å². The first-order chi connectivity index (χ1) is 10.2. The quantitative estimate of drug-likeness (QED) is 0.758. The molecule has 4 heteroatoms. The van der Waals surface area contributed by atoms with Crippen LogP contribution in [0.2, 0.25) is 0 Å². The van der Waals surface area contributed by atoms with Crippen molar-refractivity contribution in [3.63, 3.8) is 0 Å². The predicted octanol–water partition coefficient (Wildman–Crippen LogP) is 4.62. The molecule has 2 aromatic carbocycles. The van der Waals surface area contributed by atoms with E-state index in [2.05, 4.69) is 23.3 Å². The molecule has 105 valence electrons. The number of rotatable bonds is 3. The van der Waals surface area contributed by atoms with Gasteiger partial charge in [0.1, 0.15) is 17.5 Å². The third-order valence-electron chi connectivity index (χ3n) is 3.31. The zero-order valence-corrected chi connectivity index (χ0v) is 11.5. The van der Waals surface area contributed by atoms with Crippen LogP contribution in [0.3, 0.4) is 0 Å². The summed E-state index contributed by atoms with van der Waals surface area (Å²) in [4.78, 5) is 4.23. The number of nitrogens with zero attached hydrogens (tertiary/aromatic N) is 1. The Morgan fingerprint density at radius 3 is 2.62 bits per heavy atom. The number of anilines is 2. The highest BCUT2D eigenvalue weighted by Gasteiger charge is 2.07. The molecule has 0 aliphatic heterocycles. The molecule has 0 spiro atoms. The van der Waals surface area contributed by atoms with Crippen molar-refractivity contribution in [1.82, 2.24) is 4.98 Å². The molecule has 0 saturated carbocycles. The van der Waals surface area contributed by atoms with Crippen molar-refractivity contribution in [2.75, 3.05) is 5.32 Å². The van der Waals surface area contributed by atoms with Crippen molar-refractivity contribution >= 4 is 22.3 Å². The molecule has 3 rings (SSSR count). The van der Waals surface area contributed by atoms with E-state index in [1.807, 2.05) is 18.2 Å². The Morgan fingerprint density at radius 1 is 1.14 bits per heavy atom. The molecular formula is C17H13F2N2. The molecule has 0 atom stereocenters. The normalized spacial score (nSPS) is 10.8. The summed E-state index contributed by atoms with van der Waals surface area (Å²) < 4.78 is 26.5. The Morgan fingerprint density at radius 2 is 1.90 bits per heavy atom. The Bertz CT molecular complexity index is 780. The fraction of sp³-hybridized carbons (Fsp3) is 0.118. The van der Waals surface area contributed by atoms with Crippen molar-refractivity contribution < 1.29 is 8.78 Å². The molecule has 0 aliphatic carbocycles. The molecule has 0 amide bonds. The molecule has 0 unspecified atom stereocenters. The Balaban J connectivity index is 2.08. The molecule has 1 radical (unpaired) electrons. The second kappa shape index (κ2) is 5.48. The van der Waals surface area contributed by atoms with E-state index in [4.69, 9.17) is 0 Å². The van der Waals surface area contributed by atoms with Crippen LogP contribution in [0.5, 0.6) is 0 Å². The minimum atomic E-state index is -0.626. The van der Waals surface area contributed by atoms with Gasteiger partial charge in [-0.25, -0.2) is 13.8 Å². The summed E-state index contributed by atoms with van der Waals surface area (Å²) in [6.07, 6.45) is 2.45. The van der Waals surface area contributed by atoms with Crippen LogP contribution in [0.15, 0.2) is 42.6 Å². The van der Waals surface area contributed by atoms with Crippen LogP contribution in [0.1, 0.15) is 12.5 Å². The lowest BCUT2D eigenvalue weighted by Crippen LogP contribution is -1.97. The van der Waals surface area contributed by atoms with Crippen LogP contribution in [-0.2, 0) is 6.42 Å². The second-order valence-electron chi connectivity index (χ2n) is 4.73. The van der Waals surface area contributed by atoms with Crippen LogP contribution in [-0.4, -0.2) is 4.98 Å². The second-order valence-corrected chi connectivity index (χ2v) is 4.73. The lowest BCUT2D eigenvalue weighted by molar-refractivity contribution is 0.584. The number of hydrogen-bond acceptors (Lipinski definition) is 2. The van der Waals surface area contributed by atoms with Gasteiger partial charge in [0.05, 0.1) is 0 Å². The summed E-state index contributed by atoms with van der Waals surface area (Å²) in [5, 5.41) is 4.81. The molecule has 2 nitrogen and oxygen atoms in total. The van der Waals surface area contributed by atoms with Gasteiger partial charge in [0.15, 0.2) is 0 Å². The van der Waals surface area contributed by atoms with Crippen molar-refractivity contribution in [2.45, 2.75) is 13.3 Å². The summed E-state index contributed by atoms with van der Waals surface area (Å²) in [5.74, 6) is -0.693. The maximum atomic E-state index is 13.3. The fourth-order valence-electron chi connectivity index (χ4n) is 2.36. The first-order valence-corrected chi connectivity index (χ1v) is 6.69. The smallest absolute Gasteiger partial charge is 0.138 e. The van der Waals surface area contributed by atoms with E-state index in [1.165, 1.54) is 12.1 Å². The number of nitrogens with one attached hydrogen (secondary N) is 1. The van der Waals surface area contributed by atoms with Crippen LogP contribution in [0.25, 0.3) is 10.8 Å². The molecular weight excluding hydrogens is 270 g/mol. The van der Waals surface area contributed by atoms with E-state index in [-0.39, 0.29) is 0 Å². The Kier molecular flexibility index (Phi) is 3.52. The van der Waals surface area contributed by atoms with E-state index in [0.717, 1.165) is 28.8 Å². The maximum absolute atomic E-state index is 13.3. The van der Waals surface area contributed by atoms with E-state index < -0.39 is 11.6 Å². The lowest BCUT2D eigenvalue weighted by atomic mass is 10.0. The Hall–Kier alpha value is -2.49. The van der Waals surface area contributed by atoms with Gasteiger partial charge in [-0.15, -0.1) is 0 Å². The topological polar surface area (TPSA) is 24.9 Å². The molecule has 21 heavy (non-hydrogen) atoms. The van der Waals surface area contributed by atoms with Crippen LogP contribution < -0.4 is 5.32 Å². The third-order valence-corrected chi connectivity index (χ3v) is 3.31. The van der Waals surface area contributed by atoms with E-state index in [1.54, 1.807) is 6.20 Å². The number of benzene rings is 2. The number of fused-ring (bicyclic) bond motifs is 1. The van der Waals surface area contributed by atoms with Gasteiger partial charge in [0, 0.05) is 29.4 Å². The van der Waals surface area contributed by atoms with Crippen molar-refractivity contribution in [1.29, 1.82) is 0 Å². The van der Waals surface area contributed by atoms with E-state index in [0.29, 0.717) is 11.5 Å². The van der Waals surface area contributed by atoms with Gasteiger partial charge in [-0.2, -0.15) is 0 Å². The van der Waals surface area contributed by atoms with Crippen molar-refractivity contribution in [3.8, 4) is 0 Å². The molecule has 3 aromatic rings. The number of aromatic nitrogens is 1. The zero-order valence-electron chi connectivity index (χ0n) is 11.5. The SMILES string of the molecule is CCc1cccc2c(Nc3cc(F)cc(F)c3)nc[c]c12. The lowest BCUT2D eigenvalue weighted by Gasteiger charge is -2.10. The number of pyridine rings is 1. The highest BCUT2D eigenvalue weighted by Crippen LogP contribution is 2.27. The molecule has 0 fully saturated rings. The molecule has 1 N–H and O–H groups in total. The minimum absolute atomic E-state index is 0.328. The highest BCUT2D eigenvalue weighted by molar-refractivity contribution is 5.94. The average molecular weight is 283 g/mol. The van der Waals surface area contributed by atoms with Crippen molar-refractivity contribution in [3.05, 3.63) is 65.9 Å². The summed E-state index contributed by atoms with van der Waals surface area (Å²) in [7, 11) is 0. The number of halogens is 2. The fourth-order valence-corrected chi connectivity index (χ4v) is 2.36. The number of hydrogen-bond donors (Lipinski definition) is 1. The summed E-state index contributed by atoms with van der Waals surface area (Å²) in [5.41, 5.74) is 1.48. The standard InChI is InChI=1S/C17H13F2N2/c1-2-11-4-3-5-16-15(11)6-7-20-17(16)21-14-9-12(18)8-13(19)10-14/h3-5,7-10H,2H2,1H3,(H,20,21). The van der Waals surface area contributed by atoms with Crippen LogP contribution in [0.4, 0.5) is 20.3 Å². The monoisotopic (exact) mass is 283 g/mol. The maximum Gasteiger partial charge on any atom is 0.138 e. The third kappa shape index (κ3) is 2.70. The van der Waals surface area contributed by atoms with Crippen molar-refractivity contribution in [2.24, 2.45) is 0 Å². The van der Waals surface area contributed by atoms with Gasteiger partial charge in [-0.05, 0) is 29.5 Å². The van der Waals surface area contributed by atoms with E-state index in [9.17, 15) is 8.78 Å². The molecule has 1 aromatic heterocycles. The Labute approximate surface area is 121 Å². The molecule has 0 saturated heterocycles. The molecule has 0 bridgehead atoms. The van der Waals surface area contributed by atoms with Gasteiger partial charge in [0.25, 0.3) is 0 Å². The van der Waals surface area contributed by atoms with E-state index >= 15 is 0 Å². The van der Waals surface area contributed by atoms with Gasteiger partial charge in [-0.3, -0.25) is 0 Å². The zero-order chi connectivity index (χ0) is 14.8. The largest absolute Gasteiger partial charge is 0.340 e. The molecule has 1 heterocycles. The van der Waals surface area contributed by atoms with Crippen LogP contribution in [0, 0.1) is 17.7 Å². The summed E-state index contributed by atoms with van der Waals surface area (Å²) in [6, 6.07) is 12.3. The van der Waals surface area contributed by atoms with Gasteiger partial charge in [0.2, 0.25) is 0 Å². The van der Waals surface area contributed by atoms with Gasteiger partial charge in [-0.1, -0.05) is 25.1 Å². The number of aryl methyl sites for hydroxylation is 1. The first kappa shape index (κ1) is 13.5. The molecule has 0 aliphatic rings. The van der Waals surface area contributed by atoms with Gasteiger partial charge < -0.3 is 5.32 Å². The predicted molar refractivity (Wildman–Crippen MR) is 79.6 cm³/mol. The summed E-state index contributed by atoms with van der Waals surface area (Å²) >= 11 is 0. The minimum Gasteiger partial charge on any atom is -0.340 e. The highest BCUT2D eigenvalue weighted by atomic mass is 19.1. The summed E-state index contributed by atoms with van der Waals surface area (Å²) in [6.45, 7) is 2.07. The average Bonchev–Trinajstić information content (AvgIpc) is 2.46. The first-order valence-electron chi connectivity index (χ1n) is 6.69. The van der Waals surface area contributed by atoms with Gasteiger partial charge >= 0.3 is 0 Å².